The Hall–Kier alpha value is -1.04. The summed E-state index contributed by atoms with van der Waals surface area (Å²) >= 11 is 18.4. The monoisotopic (exact) mass is 376 g/mol. The largest absolute Gasteiger partial charge is 0.450 e. The Morgan fingerprint density at radius 1 is 1.09 bits per heavy atom. The number of benzene rings is 1. The van der Waals surface area contributed by atoms with Crippen LogP contribution >= 0.6 is 34.8 Å². The first-order valence-electron chi connectivity index (χ1n) is 6.65. The number of hydrogen-bond donors (Lipinski definition) is 0. The molecule has 0 fully saturated rings. The number of rotatable bonds is 5. The van der Waals surface area contributed by atoms with Crippen molar-refractivity contribution in [1.82, 2.24) is 0 Å². The maximum absolute atomic E-state index is 12.2. The van der Waals surface area contributed by atoms with E-state index in [-0.39, 0.29) is 26.6 Å². The zero-order valence-corrected chi connectivity index (χ0v) is 15.1. The summed E-state index contributed by atoms with van der Waals surface area (Å²) in [7, 11) is 3.07. The number of ether oxygens (including phenoxy) is 3. The van der Waals surface area contributed by atoms with Crippen molar-refractivity contribution in [3.05, 3.63) is 50.7 Å². The Bertz CT molecular complexity index is 674. The van der Waals surface area contributed by atoms with Crippen LogP contribution in [0.2, 0.25) is 10.0 Å². The van der Waals surface area contributed by atoms with Crippen LogP contribution in [0.3, 0.4) is 0 Å². The highest BCUT2D eigenvalue weighted by Gasteiger charge is 2.31. The van der Waals surface area contributed by atoms with Crippen LogP contribution < -0.4 is 4.74 Å². The van der Waals surface area contributed by atoms with Gasteiger partial charge in [-0.3, -0.25) is 4.79 Å². The first-order chi connectivity index (χ1) is 10.8. The van der Waals surface area contributed by atoms with Gasteiger partial charge in [-0.05, 0) is 36.8 Å². The quantitative estimate of drug-likeness (QED) is 0.757. The van der Waals surface area contributed by atoms with E-state index in [1.807, 2.05) is 0 Å². The summed E-state index contributed by atoms with van der Waals surface area (Å²) < 4.78 is 16.0. The van der Waals surface area contributed by atoms with Crippen molar-refractivity contribution in [1.29, 1.82) is 0 Å². The van der Waals surface area contributed by atoms with Gasteiger partial charge in [0, 0.05) is 14.2 Å². The minimum absolute atomic E-state index is 0.00476. The van der Waals surface area contributed by atoms with E-state index in [1.165, 1.54) is 19.3 Å². The second-order valence-corrected chi connectivity index (χ2v) is 6.36. The highest BCUT2D eigenvalue weighted by molar-refractivity contribution is 6.45. The number of Topliss-reactive ketones (excluding diaryl/α,β-unsaturated/α-hetero) is 1. The van der Waals surface area contributed by atoms with E-state index in [2.05, 4.69) is 0 Å². The number of hydrogen-bond acceptors (Lipinski definition) is 4. The summed E-state index contributed by atoms with van der Waals surface area (Å²) in [6.45, 7) is 2.10. The van der Waals surface area contributed by atoms with Crippen LogP contribution in [-0.2, 0) is 20.9 Å². The normalized spacial score (nSPS) is 21.0. The van der Waals surface area contributed by atoms with Crippen LogP contribution in [0.4, 0.5) is 0 Å². The lowest BCUT2D eigenvalue weighted by molar-refractivity contribution is -0.114. The van der Waals surface area contributed by atoms with Gasteiger partial charge in [-0.25, -0.2) is 0 Å². The van der Waals surface area contributed by atoms with Gasteiger partial charge in [-0.1, -0.05) is 34.8 Å². The van der Waals surface area contributed by atoms with Crippen molar-refractivity contribution >= 4 is 40.6 Å². The van der Waals surface area contributed by atoms with E-state index in [1.54, 1.807) is 26.2 Å². The summed E-state index contributed by atoms with van der Waals surface area (Å²) in [5, 5.41) is 0.543. The van der Waals surface area contributed by atoms with Crippen molar-refractivity contribution in [3.63, 3.8) is 0 Å². The molecule has 1 atom stereocenters. The van der Waals surface area contributed by atoms with Crippen LogP contribution in [0.5, 0.6) is 5.75 Å². The zero-order valence-electron chi connectivity index (χ0n) is 12.8. The van der Waals surface area contributed by atoms with Gasteiger partial charge >= 0.3 is 0 Å². The molecule has 0 radical (unpaired) electrons. The van der Waals surface area contributed by atoms with Gasteiger partial charge in [-0.2, -0.15) is 0 Å². The predicted molar refractivity (Wildman–Crippen MR) is 90.2 cm³/mol. The highest BCUT2D eigenvalue weighted by Crippen LogP contribution is 2.37. The van der Waals surface area contributed by atoms with Gasteiger partial charge in [0.15, 0.2) is 11.5 Å². The Labute approximate surface area is 149 Å². The molecule has 0 aromatic heterocycles. The summed E-state index contributed by atoms with van der Waals surface area (Å²) in [5.74, 6) is -0.281. The number of carbonyl (C=O) groups is 1. The van der Waals surface area contributed by atoms with E-state index in [0.29, 0.717) is 6.61 Å². The van der Waals surface area contributed by atoms with E-state index < -0.39 is 11.4 Å². The third kappa shape index (κ3) is 4.08. The molecule has 1 aromatic carbocycles. The number of methoxy groups -OCH3 is 2. The van der Waals surface area contributed by atoms with E-state index in [4.69, 9.17) is 49.0 Å². The number of carbonyl (C=O) groups excluding carboxylic acids is 1. The predicted octanol–water partition coefficient (Wildman–Crippen LogP) is 4.51. The first kappa shape index (κ1) is 18.3. The van der Waals surface area contributed by atoms with Gasteiger partial charge in [0.25, 0.3) is 0 Å². The minimum atomic E-state index is -0.852. The molecule has 1 aromatic rings. The van der Waals surface area contributed by atoms with Crippen LogP contribution in [0.1, 0.15) is 12.5 Å². The molecular weight excluding hydrogens is 363 g/mol. The Morgan fingerprint density at radius 2 is 1.70 bits per heavy atom. The topological polar surface area (TPSA) is 44.8 Å². The summed E-state index contributed by atoms with van der Waals surface area (Å²) in [4.78, 5) is 12.2. The molecule has 0 aliphatic heterocycles. The minimum Gasteiger partial charge on any atom is -0.450 e. The molecule has 0 heterocycles. The van der Waals surface area contributed by atoms with E-state index >= 15 is 0 Å². The van der Waals surface area contributed by atoms with Gasteiger partial charge in [0.2, 0.25) is 5.78 Å². The number of ketones is 1. The molecule has 0 N–H and O–H groups in total. The molecule has 1 aliphatic carbocycles. The van der Waals surface area contributed by atoms with Crippen LogP contribution in [0.15, 0.2) is 35.1 Å². The van der Waals surface area contributed by atoms with E-state index in [9.17, 15) is 4.79 Å². The van der Waals surface area contributed by atoms with Crippen molar-refractivity contribution in [3.8, 4) is 5.75 Å². The lowest BCUT2D eigenvalue weighted by atomic mass is 9.98. The highest BCUT2D eigenvalue weighted by atomic mass is 35.5. The fraction of sp³-hybridized carbons (Fsp3) is 0.312. The molecule has 7 heteroatoms. The SMILES string of the molecule is COCc1cc(Cl)c(OC2=CC(C)(OC)C=C(Cl)C2=O)c(Cl)c1. The van der Waals surface area contributed by atoms with E-state index in [0.717, 1.165) is 5.56 Å². The molecule has 1 unspecified atom stereocenters. The maximum atomic E-state index is 12.2. The average molecular weight is 378 g/mol. The molecule has 124 valence electrons. The van der Waals surface area contributed by atoms with Gasteiger partial charge in [-0.15, -0.1) is 0 Å². The number of halogens is 3. The van der Waals surface area contributed by atoms with Crippen molar-refractivity contribution in [2.45, 2.75) is 19.1 Å². The molecule has 4 nitrogen and oxygen atoms in total. The lowest BCUT2D eigenvalue weighted by Crippen LogP contribution is -2.29. The summed E-state index contributed by atoms with van der Waals surface area (Å²) in [6.07, 6.45) is 3.03. The van der Waals surface area contributed by atoms with Gasteiger partial charge in [0.05, 0.1) is 21.7 Å². The van der Waals surface area contributed by atoms with Crippen molar-refractivity contribution < 1.29 is 19.0 Å². The fourth-order valence-electron chi connectivity index (χ4n) is 2.07. The van der Waals surface area contributed by atoms with Gasteiger partial charge in [0.1, 0.15) is 5.60 Å². The summed E-state index contributed by atoms with van der Waals surface area (Å²) in [6, 6.07) is 3.32. The van der Waals surface area contributed by atoms with Crippen molar-refractivity contribution in [2.75, 3.05) is 14.2 Å². The van der Waals surface area contributed by atoms with Crippen LogP contribution in [0, 0.1) is 0 Å². The third-order valence-electron chi connectivity index (χ3n) is 3.29. The molecule has 0 saturated carbocycles. The smallest absolute Gasteiger partial charge is 0.239 e. The third-order valence-corrected chi connectivity index (χ3v) is 4.13. The van der Waals surface area contributed by atoms with Gasteiger partial charge < -0.3 is 14.2 Å². The molecule has 0 bridgehead atoms. The van der Waals surface area contributed by atoms with Crippen molar-refractivity contribution in [2.24, 2.45) is 0 Å². The molecule has 0 spiro atoms. The molecule has 2 rings (SSSR count). The Morgan fingerprint density at radius 3 is 2.22 bits per heavy atom. The second kappa shape index (κ2) is 7.24. The first-order valence-corrected chi connectivity index (χ1v) is 7.79. The maximum Gasteiger partial charge on any atom is 0.239 e. The fourth-order valence-corrected chi connectivity index (χ4v) is 2.99. The molecule has 0 saturated heterocycles. The Kier molecular flexibility index (Phi) is 5.76. The van der Waals surface area contributed by atoms with Crippen LogP contribution in [-0.4, -0.2) is 25.6 Å². The number of allylic oxidation sites excluding steroid dienone is 1. The average Bonchev–Trinajstić information content (AvgIpc) is 2.48. The standard InChI is InChI=1S/C16H15Cl3O4/c1-16(22-3)6-12(19)14(20)13(7-16)23-15-10(17)4-9(8-21-2)5-11(15)18/h4-7H,8H2,1-3H3. The summed E-state index contributed by atoms with van der Waals surface area (Å²) in [5.41, 5.74) is -0.0617. The van der Waals surface area contributed by atoms with Crippen LogP contribution in [0.25, 0.3) is 0 Å². The molecule has 1 aliphatic rings. The molecule has 0 amide bonds. The second-order valence-electron chi connectivity index (χ2n) is 5.14. The lowest BCUT2D eigenvalue weighted by Gasteiger charge is -2.26. The molecule has 23 heavy (non-hydrogen) atoms. The molecular formula is C16H15Cl3O4. The zero-order chi connectivity index (χ0) is 17.2. The Balaban J connectivity index is 2.37.